The normalized spacial score (nSPS) is 26.9. The van der Waals surface area contributed by atoms with Crippen molar-refractivity contribution in [2.24, 2.45) is 5.92 Å². The van der Waals surface area contributed by atoms with E-state index in [2.05, 4.69) is 31.2 Å². The SMILES string of the molecule is CC1CN(C(=O)N2CCOCC2)CC1c1ccccc1. The third-order valence-corrected chi connectivity index (χ3v) is 4.39. The molecule has 2 fully saturated rings. The Kier molecular flexibility index (Phi) is 3.92. The number of nitrogens with zero attached hydrogens (tertiary/aromatic N) is 2. The standard InChI is InChI=1S/C16H22N2O2/c1-13-11-18(16(19)17-7-9-20-10-8-17)12-15(13)14-5-3-2-4-6-14/h2-6,13,15H,7-12H2,1H3. The smallest absolute Gasteiger partial charge is 0.320 e. The highest BCUT2D eigenvalue weighted by atomic mass is 16.5. The van der Waals surface area contributed by atoms with Gasteiger partial charge >= 0.3 is 6.03 Å². The van der Waals surface area contributed by atoms with Crippen LogP contribution in [0.15, 0.2) is 30.3 Å². The number of urea groups is 1. The third-order valence-electron chi connectivity index (χ3n) is 4.39. The minimum atomic E-state index is 0.179. The predicted molar refractivity (Wildman–Crippen MR) is 77.7 cm³/mol. The molecule has 0 aromatic heterocycles. The van der Waals surface area contributed by atoms with Crippen LogP contribution in [0.5, 0.6) is 0 Å². The second kappa shape index (κ2) is 5.83. The molecule has 1 aromatic carbocycles. The van der Waals surface area contributed by atoms with E-state index in [0.29, 0.717) is 25.0 Å². The number of hydrogen-bond donors (Lipinski definition) is 0. The van der Waals surface area contributed by atoms with E-state index in [1.54, 1.807) is 0 Å². The molecule has 0 aliphatic carbocycles. The molecule has 2 unspecified atom stereocenters. The van der Waals surface area contributed by atoms with Gasteiger partial charge in [-0.05, 0) is 11.5 Å². The average Bonchev–Trinajstić information content (AvgIpc) is 2.90. The van der Waals surface area contributed by atoms with Gasteiger partial charge in [-0.1, -0.05) is 37.3 Å². The maximum absolute atomic E-state index is 12.5. The number of rotatable bonds is 1. The van der Waals surface area contributed by atoms with Crippen LogP contribution in [0.3, 0.4) is 0 Å². The Morgan fingerprint density at radius 2 is 1.80 bits per heavy atom. The molecular formula is C16H22N2O2. The molecule has 20 heavy (non-hydrogen) atoms. The van der Waals surface area contributed by atoms with Crippen molar-refractivity contribution in [3.63, 3.8) is 0 Å². The van der Waals surface area contributed by atoms with E-state index in [-0.39, 0.29) is 6.03 Å². The van der Waals surface area contributed by atoms with Gasteiger partial charge < -0.3 is 14.5 Å². The Morgan fingerprint density at radius 1 is 1.10 bits per heavy atom. The first-order valence-corrected chi connectivity index (χ1v) is 7.42. The number of benzene rings is 1. The Morgan fingerprint density at radius 3 is 2.50 bits per heavy atom. The number of ether oxygens (including phenoxy) is 1. The molecule has 4 nitrogen and oxygen atoms in total. The summed E-state index contributed by atoms with van der Waals surface area (Å²) in [4.78, 5) is 16.4. The van der Waals surface area contributed by atoms with Crippen LogP contribution < -0.4 is 0 Å². The first kappa shape index (κ1) is 13.4. The van der Waals surface area contributed by atoms with Crippen molar-refractivity contribution in [1.29, 1.82) is 0 Å². The molecule has 3 rings (SSSR count). The lowest BCUT2D eigenvalue weighted by Crippen LogP contribution is -2.47. The van der Waals surface area contributed by atoms with E-state index < -0.39 is 0 Å². The van der Waals surface area contributed by atoms with Crippen molar-refractivity contribution < 1.29 is 9.53 Å². The summed E-state index contributed by atoms with van der Waals surface area (Å²) in [7, 11) is 0. The molecule has 0 radical (unpaired) electrons. The molecule has 2 atom stereocenters. The van der Waals surface area contributed by atoms with Gasteiger partial charge in [0.1, 0.15) is 0 Å². The Balaban J connectivity index is 1.67. The fourth-order valence-electron chi connectivity index (χ4n) is 3.21. The van der Waals surface area contributed by atoms with Gasteiger partial charge in [-0.2, -0.15) is 0 Å². The summed E-state index contributed by atoms with van der Waals surface area (Å²) in [5.74, 6) is 0.976. The van der Waals surface area contributed by atoms with Crippen molar-refractivity contribution in [1.82, 2.24) is 9.80 Å². The van der Waals surface area contributed by atoms with Crippen LogP contribution in [-0.4, -0.2) is 55.2 Å². The zero-order chi connectivity index (χ0) is 13.9. The van der Waals surface area contributed by atoms with Crippen molar-refractivity contribution >= 4 is 6.03 Å². The topological polar surface area (TPSA) is 32.8 Å². The highest BCUT2D eigenvalue weighted by Gasteiger charge is 2.35. The predicted octanol–water partition coefficient (Wildman–Crippen LogP) is 2.17. The van der Waals surface area contributed by atoms with Gasteiger partial charge in [0.05, 0.1) is 13.2 Å². The number of likely N-dealkylation sites (tertiary alicyclic amines) is 1. The summed E-state index contributed by atoms with van der Waals surface area (Å²) in [6.45, 7) is 6.70. The van der Waals surface area contributed by atoms with Gasteiger partial charge in [-0.25, -0.2) is 4.79 Å². The zero-order valence-corrected chi connectivity index (χ0v) is 12.0. The van der Waals surface area contributed by atoms with Gasteiger partial charge in [0.15, 0.2) is 0 Å². The van der Waals surface area contributed by atoms with E-state index in [9.17, 15) is 4.79 Å². The number of carbonyl (C=O) groups is 1. The fraction of sp³-hybridized carbons (Fsp3) is 0.562. The number of amides is 2. The lowest BCUT2D eigenvalue weighted by atomic mass is 9.90. The first-order chi connectivity index (χ1) is 9.75. The monoisotopic (exact) mass is 274 g/mol. The molecular weight excluding hydrogens is 252 g/mol. The van der Waals surface area contributed by atoms with E-state index in [4.69, 9.17) is 4.74 Å². The average molecular weight is 274 g/mol. The summed E-state index contributed by atoms with van der Waals surface area (Å²) >= 11 is 0. The van der Waals surface area contributed by atoms with E-state index in [0.717, 1.165) is 26.2 Å². The van der Waals surface area contributed by atoms with Crippen LogP contribution in [0.4, 0.5) is 4.79 Å². The zero-order valence-electron chi connectivity index (χ0n) is 12.0. The minimum Gasteiger partial charge on any atom is -0.378 e. The van der Waals surface area contributed by atoms with Gasteiger partial charge in [0.2, 0.25) is 0 Å². The molecule has 2 amide bonds. The molecule has 2 aliphatic rings. The molecule has 0 spiro atoms. The van der Waals surface area contributed by atoms with Gasteiger partial charge in [0, 0.05) is 32.1 Å². The van der Waals surface area contributed by atoms with Crippen molar-refractivity contribution in [3.05, 3.63) is 35.9 Å². The van der Waals surface area contributed by atoms with Gasteiger partial charge in [-0.3, -0.25) is 0 Å². The first-order valence-electron chi connectivity index (χ1n) is 7.42. The molecule has 2 saturated heterocycles. The van der Waals surface area contributed by atoms with Crippen LogP contribution in [0, 0.1) is 5.92 Å². The van der Waals surface area contributed by atoms with E-state index in [1.807, 2.05) is 15.9 Å². The lowest BCUT2D eigenvalue weighted by Gasteiger charge is -2.31. The van der Waals surface area contributed by atoms with Gasteiger partial charge in [0.25, 0.3) is 0 Å². The lowest BCUT2D eigenvalue weighted by molar-refractivity contribution is 0.0449. The Hall–Kier alpha value is -1.55. The third kappa shape index (κ3) is 2.66. The largest absolute Gasteiger partial charge is 0.378 e. The van der Waals surface area contributed by atoms with E-state index in [1.165, 1.54) is 5.56 Å². The second-order valence-electron chi connectivity index (χ2n) is 5.78. The molecule has 0 N–H and O–H groups in total. The molecule has 0 bridgehead atoms. The summed E-state index contributed by atoms with van der Waals surface area (Å²) in [6, 6.07) is 10.7. The van der Waals surface area contributed by atoms with Crippen LogP contribution >= 0.6 is 0 Å². The van der Waals surface area contributed by atoms with Crippen LogP contribution in [0.25, 0.3) is 0 Å². The van der Waals surface area contributed by atoms with Crippen LogP contribution in [-0.2, 0) is 4.74 Å². The summed E-state index contributed by atoms with van der Waals surface area (Å²) in [5, 5.41) is 0. The Bertz CT molecular complexity index is 457. The molecule has 1 aromatic rings. The van der Waals surface area contributed by atoms with Crippen molar-refractivity contribution in [3.8, 4) is 0 Å². The second-order valence-corrected chi connectivity index (χ2v) is 5.78. The van der Waals surface area contributed by atoms with E-state index >= 15 is 0 Å². The molecule has 2 heterocycles. The summed E-state index contributed by atoms with van der Waals surface area (Å²) < 4.78 is 5.31. The molecule has 4 heteroatoms. The number of carbonyl (C=O) groups excluding carboxylic acids is 1. The quantitative estimate of drug-likeness (QED) is 0.786. The van der Waals surface area contributed by atoms with Gasteiger partial charge in [-0.15, -0.1) is 0 Å². The fourth-order valence-corrected chi connectivity index (χ4v) is 3.21. The minimum absolute atomic E-state index is 0.179. The Labute approximate surface area is 120 Å². The molecule has 0 saturated carbocycles. The summed E-state index contributed by atoms with van der Waals surface area (Å²) in [5.41, 5.74) is 1.34. The maximum atomic E-state index is 12.5. The molecule has 2 aliphatic heterocycles. The van der Waals surface area contributed by atoms with Crippen LogP contribution in [0.1, 0.15) is 18.4 Å². The highest BCUT2D eigenvalue weighted by Crippen LogP contribution is 2.32. The van der Waals surface area contributed by atoms with Crippen molar-refractivity contribution in [2.75, 3.05) is 39.4 Å². The molecule has 108 valence electrons. The van der Waals surface area contributed by atoms with Crippen molar-refractivity contribution in [2.45, 2.75) is 12.8 Å². The number of morpholine rings is 1. The maximum Gasteiger partial charge on any atom is 0.320 e. The summed E-state index contributed by atoms with van der Waals surface area (Å²) in [6.07, 6.45) is 0. The number of hydrogen-bond acceptors (Lipinski definition) is 2. The highest BCUT2D eigenvalue weighted by molar-refractivity contribution is 5.75. The van der Waals surface area contributed by atoms with Crippen LogP contribution in [0.2, 0.25) is 0 Å².